The quantitative estimate of drug-likeness (QED) is 0.661. The zero-order valence-electron chi connectivity index (χ0n) is 14.7. The van der Waals surface area contributed by atoms with Crippen molar-refractivity contribution < 1.29 is 9.21 Å². The first-order valence-corrected chi connectivity index (χ1v) is 9.14. The van der Waals surface area contributed by atoms with E-state index in [9.17, 15) is 4.79 Å². The molecule has 4 nitrogen and oxygen atoms in total. The molecule has 0 radical (unpaired) electrons. The van der Waals surface area contributed by atoms with Crippen molar-refractivity contribution in [2.45, 2.75) is 19.3 Å². The van der Waals surface area contributed by atoms with E-state index in [1.807, 2.05) is 35.2 Å². The molecule has 3 aromatic rings. The number of para-hydroxylation sites is 2. The molecule has 0 bridgehead atoms. The lowest BCUT2D eigenvalue weighted by atomic mass is 9.90. The number of carbonyl (C=O) groups is 1. The summed E-state index contributed by atoms with van der Waals surface area (Å²) >= 11 is 0. The van der Waals surface area contributed by atoms with Crippen LogP contribution in [0.3, 0.4) is 0 Å². The maximum absolute atomic E-state index is 12.4. The number of benzene rings is 2. The minimum absolute atomic E-state index is 0.0328. The first-order valence-electron chi connectivity index (χ1n) is 9.14. The van der Waals surface area contributed by atoms with Gasteiger partial charge in [-0.3, -0.25) is 4.79 Å². The summed E-state index contributed by atoms with van der Waals surface area (Å²) in [6, 6.07) is 18.2. The van der Waals surface area contributed by atoms with Gasteiger partial charge >= 0.3 is 0 Å². The second-order valence-electron chi connectivity index (χ2n) is 6.81. The van der Waals surface area contributed by atoms with E-state index in [0.717, 1.165) is 43.5 Å². The predicted molar refractivity (Wildman–Crippen MR) is 102 cm³/mol. The Morgan fingerprint density at radius 1 is 1.08 bits per heavy atom. The van der Waals surface area contributed by atoms with Crippen LogP contribution in [0.25, 0.3) is 17.2 Å². The maximum Gasteiger partial charge on any atom is 0.246 e. The number of rotatable bonds is 4. The van der Waals surface area contributed by atoms with E-state index in [-0.39, 0.29) is 5.91 Å². The van der Waals surface area contributed by atoms with E-state index in [1.54, 1.807) is 12.2 Å². The van der Waals surface area contributed by atoms with Crippen LogP contribution < -0.4 is 0 Å². The highest BCUT2D eigenvalue weighted by Crippen LogP contribution is 2.22. The molecule has 0 N–H and O–H groups in total. The maximum atomic E-state index is 12.4. The minimum atomic E-state index is 0.0328. The summed E-state index contributed by atoms with van der Waals surface area (Å²) < 4.78 is 5.62. The van der Waals surface area contributed by atoms with Gasteiger partial charge in [-0.25, -0.2) is 4.98 Å². The number of piperidine rings is 1. The molecule has 1 aliphatic heterocycles. The number of fused-ring (bicyclic) bond motifs is 1. The van der Waals surface area contributed by atoms with Crippen LogP contribution in [0.4, 0.5) is 0 Å². The average Bonchev–Trinajstić information content (AvgIpc) is 3.10. The third kappa shape index (κ3) is 3.85. The molecule has 1 amide bonds. The monoisotopic (exact) mass is 346 g/mol. The Hall–Kier alpha value is -2.88. The second kappa shape index (κ2) is 7.56. The van der Waals surface area contributed by atoms with Gasteiger partial charge in [0, 0.05) is 25.2 Å². The van der Waals surface area contributed by atoms with Crippen molar-refractivity contribution in [1.82, 2.24) is 9.88 Å². The largest absolute Gasteiger partial charge is 0.437 e. The molecule has 0 spiro atoms. The highest BCUT2D eigenvalue weighted by atomic mass is 16.3. The molecule has 1 aliphatic rings. The van der Waals surface area contributed by atoms with Crippen LogP contribution in [0, 0.1) is 5.92 Å². The smallest absolute Gasteiger partial charge is 0.246 e. The van der Waals surface area contributed by atoms with Crippen molar-refractivity contribution in [3.8, 4) is 0 Å². The second-order valence-corrected chi connectivity index (χ2v) is 6.81. The molecule has 1 aromatic heterocycles. The van der Waals surface area contributed by atoms with E-state index in [1.165, 1.54) is 5.56 Å². The average molecular weight is 346 g/mol. The van der Waals surface area contributed by atoms with E-state index in [4.69, 9.17) is 4.42 Å². The Labute approximate surface area is 153 Å². The number of amides is 1. The molecule has 4 rings (SSSR count). The number of oxazole rings is 1. The molecule has 2 heterocycles. The van der Waals surface area contributed by atoms with Crippen LogP contribution >= 0.6 is 0 Å². The predicted octanol–water partition coefficient (Wildman–Crippen LogP) is 4.32. The third-order valence-electron chi connectivity index (χ3n) is 4.97. The van der Waals surface area contributed by atoms with Crippen LogP contribution in [0.1, 0.15) is 24.3 Å². The van der Waals surface area contributed by atoms with Crippen molar-refractivity contribution in [2.75, 3.05) is 13.1 Å². The Kier molecular flexibility index (Phi) is 4.82. The summed E-state index contributed by atoms with van der Waals surface area (Å²) in [6.45, 7) is 1.63. The molecule has 1 fully saturated rings. The normalized spacial score (nSPS) is 15.8. The zero-order chi connectivity index (χ0) is 17.8. The van der Waals surface area contributed by atoms with E-state index in [2.05, 4.69) is 29.2 Å². The molecule has 0 unspecified atom stereocenters. The van der Waals surface area contributed by atoms with Crippen LogP contribution in [-0.2, 0) is 11.2 Å². The fourth-order valence-corrected chi connectivity index (χ4v) is 3.51. The molecule has 1 saturated heterocycles. The van der Waals surface area contributed by atoms with Crippen LogP contribution in [0.2, 0.25) is 0 Å². The molecule has 132 valence electrons. The molecule has 0 aliphatic carbocycles. The zero-order valence-corrected chi connectivity index (χ0v) is 14.7. The first kappa shape index (κ1) is 16.6. The topological polar surface area (TPSA) is 46.3 Å². The van der Waals surface area contributed by atoms with Gasteiger partial charge < -0.3 is 9.32 Å². The number of likely N-dealkylation sites (tertiary alicyclic amines) is 1. The van der Waals surface area contributed by atoms with Gasteiger partial charge in [0.1, 0.15) is 5.52 Å². The van der Waals surface area contributed by atoms with Gasteiger partial charge in [-0.1, -0.05) is 42.5 Å². The fourth-order valence-electron chi connectivity index (χ4n) is 3.51. The number of nitrogens with zero attached hydrogens (tertiary/aromatic N) is 2. The van der Waals surface area contributed by atoms with Crippen molar-refractivity contribution in [3.05, 3.63) is 72.1 Å². The molecule has 4 heteroatoms. The molecular formula is C22H22N2O2. The van der Waals surface area contributed by atoms with Crippen LogP contribution in [-0.4, -0.2) is 28.9 Å². The lowest BCUT2D eigenvalue weighted by Gasteiger charge is -2.31. The van der Waals surface area contributed by atoms with Crippen molar-refractivity contribution in [3.63, 3.8) is 0 Å². The number of carbonyl (C=O) groups excluding carboxylic acids is 1. The van der Waals surface area contributed by atoms with Crippen LogP contribution in [0.15, 0.2) is 65.1 Å². The van der Waals surface area contributed by atoms with Gasteiger partial charge in [0.25, 0.3) is 0 Å². The van der Waals surface area contributed by atoms with Gasteiger partial charge in [0.05, 0.1) is 0 Å². The first-order chi connectivity index (χ1) is 12.8. The Balaban J connectivity index is 1.32. The highest BCUT2D eigenvalue weighted by molar-refractivity contribution is 5.91. The van der Waals surface area contributed by atoms with E-state index < -0.39 is 0 Å². The summed E-state index contributed by atoms with van der Waals surface area (Å²) in [7, 11) is 0. The van der Waals surface area contributed by atoms with Gasteiger partial charge in [-0.15, -0.1) is 0 Å². The molecule has 0 atom stereocenters. The van der Waals surface area contributed by atoms with E-state index >= 15 is 0 Å². The van der Waals surface area contributed by atoms with Gasteiger partial charge in [0.15, 0.2) is 5.58 Å². The summed E-state index contributed by atoms with van der Waals surface area (Å²) in [6.07, 6.45) is 6.44. The lowest BCUT2D eigenvalue weighted by molar-refractivity contribution is -0.127. The molecule has 26 heavy (non-hydrogen) atoms. The minimum Gasteiger partial charge on any atom is -0.437 e. The van der Waals surface area contributed by atoms with Crippen molar-refractivity contribution in [1.29, 1.82) is 0 Å². The van der Waals surface area contributed by atoms with Gasteiger partial charge in [-0.05, 0) is 42.9 Å². The SMILES string of the molecule is O=C(/C=C/c1nc2ccccc2o1)N1CCC(Cc2ccccc2)CC1. The molecule has 2 aromatic carbocycles. The standard InChI is InChI=1S/C22H22N2O2/c25-22(11-10-21-23-19-8-4-5-9-20(19)26-21)24-14-12-18(13-15-24)16-17-6-2-1-3-7-17/h1-11,18H,12-16H2/b11-10+. The Bertz CT molecular complexity index is 873. The van der Waals surface area contributed by atoms with E-state index in [0.29, 0.717) is 11.8 Å². The van der Waals surface area contributed by atoms with Gasteiger partial charge in [-0.2, -0.15) is 0 Å². The summed E-state index contributed by atoms with van der Waals surface area (Å²) in [5.74, 6) is 1.16. The summed E-state index contributed by atoms with van der Waals surface area (Å²) in [5, 5.41) is 0. The van der Waals surface area contributed by atoms with Gasteiger partial charge in [0.2, 0.25) is 11.8 Å². The highest BCUT2D eigenvalue weighted by Gasteiger charge is 2.21. The fraction of sp³-hybridized carbons (Fsp3) is 0.273. The third-order valence-corrected chi connectivity index (χ3v) is 4.97. The lowest BCUT2D eigenvalue weighted by Crippen LogP contribution is -2.37. The number of hydrogen-bond donors (Lipinski definition) is 0. The summed E-state index contributed by atoms with van der Waals surface area (Å²) in [4.78, 5) is 18.7. The number of aromatic nitrogens is 1. The molecule has 0 saturated carbocycles. The van der Waals surface area contributed by atoms with Crippen molar-refractivity contribution >= 4 is 23.1 Å². The molecular weight excluding hydrogens is 324 g/mol. The van der Waals surface area contributed by atoms with Crippen LogP contribution in [0.5, 0.6) is 0 Å². The Morgan fingerprint density at radius 3 is 2.58 bits per heavy atom. The van der Waals surface area contributed by atoms with Crippen molar-refractivity contribution in [2.24, 2.45) is 5.92 Å². The Morgan fingerprint density at radius 2 is 1.81 bits per heavy atom. The summed E-state index contributed by atoms with van der Waals surface area (Å²) in [5.41, 5.74) is 2.93. The number of hydrogen-bond acceptors (Lipinski definition) is 3.